The SMILES string of the molecule is Nc1ccccc1OC(F)(F)F.O=C(/C=N/O)Nc1ccccc1OC(F)(F)F. The van der Waals surface area contributed by atoms with Gasteiger partial charge in [-0.25, -0.2) is 0 Å². The number of nitrogens with zero attached hydrogens (tertiary/aromatic N) is 1. The van der Waals surface area contributed by atoms with Crippen LogP contribution >= 0.6 is 0 Å². The summed E-state index contributed by atoms with van der Waals surface area (Å²) in [5.41, 5.74) is 4.98. The number of hydrogen-bond donors (Lipinski definition) is 3. The van der Waals surface area contributed by atoms with Crippen LogP contribution in [0.1, 0.15) is 0 Å². The first-order valence-corrected chi connectivity index (χ1v) is 7.34. The van der Waals surface area contributed by atoms with Gasteiger partial charge in [0.2, 0.25) is 0 Å². The molecule has 0 atom stereocenters. The first kappa shape index (κ1) is 23.4. The van der Waals surface area contributed by atoms with E-state index in [9.17, 15) is 31.1 Å². The van der Waals surface area contributed by atoms with Crippen molar-refractivity contribution in [2.24, 2.45) is 5.16 Å². The van der Waals surface area contributed by atoms with Crippen LogP contribution in [0.3, 0.4) is 0 Å². The molecule has 2 rings (SSSR count). The van der Waals surface area contributed by atoms with Crippen LogP contribution in [0.15, 0.2) is 53.7 Å². The molecule has 0 bridgehead atoms. The molecule has 13 heteroatoms. The molecule has 0 aliphatic rings. The van der Waals surface area contributed by atoms with Crippen molar-refractivity contribution < 1.29 is 45.8 Å². The number of anilines is 2. The highest BCUT2D eigenvalue weighted by atomic mass is 19.4. The molecule has 0 aliphatic carbocycles. The summed E-state index contributed by atoms with van der Waals surface area (Å²) in [6, 6.07) is 10.4. The number of nitrogen functional groups attached to an aromatic ring is 1. The fourth-order valence-corrected chi connectivity index (χ4v) is 1.70. The quantitative estimate of drug-likeness (QED) is 0.224. The van der Waals surface area contributed by atoms with Gasteiger partial charge in [-0.1, -0.05) is 29.4 Å². The highest BCUT2D eigenvalue weighted by Crippen LogP contribution is 2.30. The van der Waals surface area contributed by atoms with E-state index in [1.54, 1.807) is 0 Å². The van der Waals surface area contributed by atoms with Crippen LogP contribution < -0.4 is 20.5 Å². The number of rotatable bonds is 4. The first-order valence-electron chi connectivity index (χ1n) is 7.34. The molecular weight excluding hydrogens is 412 g/mol. The lowest BCUT2D eigenvalue weighted by Crippen LogP contribution is -2.19. The molecule has 0 saturated heterocycles. The molecule has 0 spiro atoms. The monoisotopic (exact) mass is 425 g/mol. The van der Waals surface area contributed by atoms with E-state index >= 15 is 0 Å². The summed E-state index contributed by atoms with van der Waals surface area (Å²) < 4.78 is 78.2. The average molecular weight is 425 g/mol. The molecule has 0 saturated carbocycles. The van der Waals surface area contributed by atoms with Crippen molar-refractivity contribution in [3.63, 3.8) is 0 Å². The van der Waals surface area contributed by atoms with Crippen LogP contribution in [0.25, 0.3) is 0 Å². The minimum Gasteiger partial charge on any atom is -0.411 e. The van der Waals surface area contributed by atoms with Crippen molar-refractivity contribution in [3.8, 4) is 11.5 Å². The molecule has 2 aromatic rings. The maximum atomic E-state index is 12.0. The third-order valence-electron chi connectivity index (χ3n) is 2.69. The Kier molecular flexibility index (Phi) is 8.11. The van der Waals surface area contributed by atoms with E-state index in [2.05, 4.69) is 19.9 Å². The molecule has 0 fully saturated rings. The molecule has 7 nitrogen and oxygen atoms in total. The van der Waals surface area contributed by atoms with Crippen molar-refractivity contribution in [1.29, 1.82) is 0 Å². The number of ether oxygens (including phenoxy) is 2. The number of para-hydroxylation sites is 4. The number of carbonyl (C=O) groups is 1. The van der Waals surface area contributed by atoms with Crippen molar-refractivity contribution >= 4 is 23.5 Å². The Morgan fingerprint density at radius 3 is 1.93 bits per heavy atom. The summed E-state index contributed by atoms with van der Waals surface area (Å²) in [5, 5.41) is 12.6. The van der Waals surface area contributed by atoms with E-state index in [0.717, 1.165) is 12.1 Å². The number of nitrogens with one attached hydrogen (secondary N) is 1. The Bertz CT molecular complexity index is 840. The summed E-state index contributed by atoms with van der Waals surface area (Å²) in [5.74, 6) is -1.81. The zero-order valence-corrected chi connectivity index (χ0v) is 14.2. The van der Waals surface area contributed by atoms with Crippen molar-refractivity contribution in [2.75, 3.05) is 11.1 Å². The number of benzene rings is 2. The van der Waals surface area contributed by atoms with E-state index in [0.29, 0.717) is 6.21 Å². The summed E-state index contributed by atoms with van der Waals surface area (Å²) in [6.07, 6.45) is -9.04. The molecular formula is C16H13F6N3O4. The van der Waals surface area contributed by atoms with Crippen LogP contribution in [-0.4, -0.2) is 30.1 Å². The number of halogens is 6. The van der Waals surface area contributed by atoms with E-state index in [1.165, 1.54) is 36.4 Å². The lowest BCUT2D eigenvalue weighted by atomic mass is 10.3. The molecule has 1 amide bonds. The van der Waals surface area contributed by atoms with Crippen LogP contribution in [0, 0.1) is 0 Å². The van der Waals surface area contributed by atoms with Crippen LogP contribution in [0.5, 0.6) is 11.5 Å². The fourth-order valence-electron chi connectivity index (χ4n) is 1.70. The zero-order valence-electron chi connectivity index (χ0n) is 14.2. The normalized spacial score (nSPS) is 11.4. The average Bonchev–Trinajstić information content (AvgIpc) is 2.57. The van der Waals surface area contributed by atoms with Gasteiger partial charge in [0.25, 0.3) is 5.91 Å². The van der Waals surface area contributed by atoms with Gasteiger partial charge >= 0.3 is 12.7 Å². The highest BCUT2D eigenvalue weighted by Gasteiger charge is 2.32. The molecule has 0 heterocycles. The number of alkyl halides is 6. The molecule has 0 unspecified atom stereocenters. The van der Waals surface area contributed by atoms with Gasteiger partial charge in [-0.15, -0.1) is 26.3 Å². The molecule has 158 valence electrons. The molecule has 0 aromatic heterocycles. The summed E-state index contributed by atoms with van der Waals surface area (Å²) >= 11 is 0. The third-order valence-corrected chi connectivity index (χ3v) is 2.69. The molecule has 0 radical (unpaired) electrons. The standard InChI is InChI=1S/C9H7F3N2O3.C7H6F3NO/c10-9(11,12)17-7-4-2-1-3-6(7)14-8(15)5-13-16;8-7(9,10)12-6-4-2-1-3-5(6)11/h1-5,16H,(H,14,15);1-4H,11H2/b13-5+;. The van der Waals surface area contributed by atoms with Gasteiger partial charge in [-0.2, -0.15) is 0 Å². The van der Waals surface area contributed by atoms with Gasteiger partial charge in [0.05, 0.1) is 11.4 Å². The Morgan fingerprint density at radius 2 is 1.41 bits per heavy atom. The topological polar surface area (TPSA) is 106 Å². The highest BCUT2D eigenvalue weighted by molar-refractivity contribution is 6.31. The van der Waals surface area contributed by atoms with Gasteiger partial charge in [-0.05, 0) is 24.3 Å². The maximum absolute atomic E-state index is 12.0. The van der Waals surface area contributed by atoms with Gasteiger partial charge in [0, 0.05) is 0 Å². The minimum atomic E-state index is -4.86. The Balaban J connectivity index is 0.000000308. The Hall–Kier alpha value is -3.64. The van der Waals surface area contributed by atoms with E-state index < -0.39 is 24.4 Å². The number of hydrogen-bond acceptors (Lipinski definition) is 6. The summed E-state index contributed by atoms with van der Waals surface area (Å²) in [7, 11) is 0. The number of oxime groups is 1. The van der Waals surface area contributed by atoms with Crippen LogP contribution in [0.4, 0.5) is 37.7 Å². The third kappa shape index (κ3) is 9.74. The van der Waals surface area contributed by atoms with Crippen LogP contribution in [-0.2, 0) is 4.79 Å². The van der Waals surface area contributed by atoms with E-state index in [-0.39, 0.29) is 17.1 Å². The predicted molar refractivity (Wildman–Crippen MR) is 89.6 cm³/mol. The first-order chi connectivity index (χ1) is 13.4. The number of amides is 1. The maximum Gasteiger partial charge on any atom is 0.573 e. The van der Waals surface area contributed by atoms with Crippen molar-refractivity contribution in [2.45, 2.75) is 12.7 Å². The van der Waals surface area contributed by atoms with E-state index in [1.807, 2.05) is 0 Å². The molecule has 0 aliphatic heterocycles. The van der Waals surface area contributed by atoms with Gasteiger partial charge in [0.1, 0.15) is 6.21 Å². The summed E-state index contributed by atoms with van der Waals surface area (Å²) in [6.45, 7) is 0. The lowest BCUT2D eigenvalue weighted by molar-refractivity contribution is -0.275. The Labute approximate surface area is 159 Å². The largest absolute Gasteiger partial charge is 0.573 e. The van der Waals surface area contributed by atoms with Crippen LogP contribution in [0.2, 0.25) is 0 Å². The second-order valence-electron chi connectivity index (χ2n) is 4.86. The molecule has 29 heavy (non-hydrogen) atoms. The molecule has 4 N–H and O–H groups in total. The predicted octanol–water partition coefficient (Wildman–Crippen LogP) is 4.15. The summed E-state index contributed by atoms with van der Waals surface area (Å²) in [4.78, 5) is 11.0. The second-order valence-corrected chi connectivity index (χ2v) is 4.86. The lowest BCUT2D eigenvalue weighted by Gasteiger charge is -2.12. The van der Waals surface area contributed by atoms with Gasteiger partial charge < -0.3 is 25.7 Å². The minimum absolute atomic E-state index is 0.0326. The fraction of sp³-hybridized carbons (Fsp3) is 0.125. The van der Waals surface area contributed by atoms with Crippen molar-refractivity contribution in [1.82, 2.24) is 0 Å². The number of carbonyl (C=O) groups excluding carboxylic acids is 1. The van der Waals surface area contributed by atoms with E-state index in [4.69, 9.17) is 10.9 Å². The Morgan fingerprint density at radius 1 is 0.931 bits per heavy atom. The smallest absolute Gasteiger partial charge is 0.411 e. The van der Waals surface area contributed by atoms with Crippen molar-refractivity contribution in [3.05, 3.63) is 48.5 Å². The van der Waals surface area contributed by atoms with Gasteiger partial charge in [-0.3, -0.25) is 4.79 Å². The second kappa shape index (κ2) is 10.1. The zero-order chi connectivity index (χ0) is 22.1. The molecule has 2 aromatic carbocycles. The number of nitrogens with two attached hydrogens (primary N) is 1. The van der Waals surface area contributed by atoms with Gasteiger partial charge in [0.15, 0.2) is 11.5 Å².